The largest absolute Gasteiger partial charge is 0.311 e. The first-order chi connectivity index (χ1) is 9.28. The minimum Gasteiger partial charge on any atom is -0.311 e. The van der Waals surface area contributed by atoms with E-state index in [4.69, 9.17) is 11.6 Å². The normalized spacial score (nSPS) is 13.9. The molecule has 3 nitrogen and oxygen atoms in total. The molecule has 0 N–H and O–H groups in total. The van der Waals surface area contributed by atoms with Crippen LogP contribution >= 0.6 is 22.9 Å². The molecule has 5 heteroatoms. The molecule has 1 amide bonds. The maximum Gasteiger partial charge on any atom is 0.231 e. The fraction of sp³-hybridized carbons (Fsp3) is 0.286. The quantitative estimate of drug-likeness (QED) is 0.812. The number of aromatic nitrogens is 1. The summed E-state index contributed by atoms with van der Waals surface area (Å²) in [6.45, 7) is 0.686. The van der Waals surface area contributed by atoms with E-state index in [2.05, 4.69) is 4.98 Å². The summed E-state index contributed by atoms with van der Waals surface area (Å²) in [6, 6.07) is 7.97. The first-order valence-corrected chi connectivity index (χ1v) is 7.57. The number of hydrogen-bond acceptors (Lipinski definition) is 3. The second kappa shape index (κ2) is 5.31. The Morgan fingerprint density at radius 3 is 3.00 bits per heavy atom. The van der Waals surface area contributed by atoms with Crippen LogP contribution in [0.1, 0.15) is 16.3 Å². The third kappa shape index (κ3) is 2.51. The van der Waals surface area contributed by atoms with Crippen molar-refractivity contribution in [1.82, 2.24) is 4.98 Å². The number of fused-ring (bicyclic) bond motifs is 1. The minimum atomic E-state index is 0.176. The van der Waals surface area contributed by atoms with E-state index in [1.165, 1.54) is 0 Å². The summed E-state index contributed by atoms with van der Waals surface area (Å²) in [4.78, 5) is 18.3. The number of benzene rings is 1. The molecule has 1 aliphatic heterocycles. The lowest BCUT2D eigenvalue weighted by Gasteiger charge is -2.16. The van der Waals surface area contributed by atoms with Crippen LogP contribution < -0.4 is 4.90 Å². The monoisotopic (exact) mass is 292 g/mol. The first-order valence-electron chi connectivity index (χ1n) is 6.15. The molecule has 0 bridgehead atoms. The number of anilines is 1. The molecule has 0 aliphatic carbocycles. The first kappa shape index (κ1) is 12.6. The van der Waals surface area contributed by atoms with Gasteiger partial charge in [-0.2, -0.15) is 0 Å². The molecule has 98 valence electrons. The maximum absolute atomic E-state index is 12.0. The average Bonchev–Trinajstić information content (AvgIpc) is 3.00. The highest BCUT2D eigenvalue weighted by Crippen LogP contribution is 2.28. The van der Waals surface area contributed by atoms with Gasteiger partial charge in [0.25, 0.3) is 0 Å². The summed E-state index contributed by atoms with van der Waals surface area (Å²) in [7, 11) is 0. The van der Waals surface area contributed by atoms with E-state index >= 15 is 0 Å². The molecule has 0 atom stereocenters. The van der Waals surface area contributed by atoms with Crippen molar-refractivity contribution >= 4 is 34.5 Å². The molecule has 2 aromatic rings. The number of para-hydroxylation sites is 1. The van der Waals surface area contributed by atoms with E-state index in [9.17, 15) is 4.79 Å². The third-order valence-corrected chi connectivity index (χ3v) is 4.44. The molecule has 0 saturated carbocycles. The van der Waals surface area contributed by atoms with Crippen molar-refractivity contribution < 1.29 is 4.79 Å². The van der Waals surface area contributed by atoms with Crippen molar-refractivity contribution in [2.75, 3.05) is 11.4 Å². The molecule has 0 spiro atoms. The minimum absolute atomic E-state index is 0.176. The summed E-state index contributed by atoms with van der Waals surface area (Å²) < 4.78 is 0. The topological polar surface area (TPSA) is 33.2 Å². The molecule has 1 aromatic carbocycles. The number of halogens is 1. The molecular weight excluding hydrogens is 280 g/mol. The lowest BCUT2D eigenvalue weighted by Crippen LogP contribution is -2.28. The Labute approximate surface area is 120 Å². The summed E-state index contributed by atoms with van der Waals surface area (Å²) in [5.41, 5.74) is 3.07. The van der Waals surface area contributed by atoms with E-state index in [0.717, 1.165) is 28.4 Å². The van der Waals surface area contributed by atoms with Crippen LogP contribution in [0.3, 0.4) is 0 Å². The Morgan fingerprint density at radius 2 is 2.21 bits per heavy atom. The number of nitrogens with zero attached hydrogens (tertiary/aromatic N) is 2. The van der Waals surface area contributed by atoms with E-state index in [0.29, 0.717) is 18.8 Å². The molecule has 0 fully saturated rings. The van der Waals surface area contributed by atoms with Gasteiger partial charge in [0.05, 0.1) is 23.0 Å². The summed E-state index contributed by atoms with van der Waals surface area (Å²) >= 11 is 7.34. The van der Waals surface area contributed by atoms with Gasteiger partial charge >= 0.3 is 0 Å². The predicted octanol–water partition coefficient (Wildman–Crippen LogP) is 3.01. The van der Waals surface area contributed by atoms with Gasteiger partial charge in [-0.15, -0.1) is 22.9 Å². The smallest absolute Gasteiger partial charge is 0.231 e. The lowest BCUT2D eigenvalue weighted by molar-refractivity contribution is -0.117. The number of thiazole rings is 1. The van der Waals surface area contributed by atoms with Crippen molar-refractivity contribution in [2.45, 2.75) is 18.7 Å². The van der Waals surface area contributed by atoms with Gasteiger partial charge in [-0.25, -0.2) is 4.98 Å². The fourth-order valence-electron chi connectivity index (χ4n) is 2.29. The molecule has 1 aliphatic rings. The van der Waals surface area contributed by atoms with Crippen molar-refractivity contribution in [3.63, 3.8) is 0 Å². The Balaban J connectivity index is 1.72. The number of amides is 1. The Morgan fingerprint density at radius 1 is 1.37 bits per heavy atom. The van der Waals surface area contributed by atoms with E-state index in [1.807, 2.05) is 34.5 Å². The van der Waals surface area contributed by atoms with E-state index < -0.39 is 0 Å². The number of carbonyl (C=O) groups excluding carboxylic acids is 1. The van der Waals surface area contributed by atoms with Crippen LogP contribution in [-0.2, 0) is 23.5 Å². The summed E-state index contributed by atoms with van der Waals surface area (Å²) in [5.74, 6) is 0.623. The fourth-order valence-corrected chi connectivity index (χ4v) is 3.31. The van der Waals surface area contributed by atoms with Gasteiger partial charge in [0.2, 0.25) is 5.91 Å². The van der Waals surface area contributed by atoms with Gasteiger partial charge in [-0.3, -0.25) is 4.79 Å². The molecule has 19 heavy (non-hydrogen) atoms. The molecule has 1 aromatic heterocycles. The van der Waals surface area contributed by atoms with Crippen molar-refractivity contribution in [2.24, 2.45) is 0 Å². The SMILES string of the molecule is O=C1Cc2ccccc2N1CCc1nc(CCl)cs1. The number of alkyl halides is 1. The van der Waals surface area contributed by atoms with Gasteiger partial charge in [-0.1, -0.05) is 18.2 Å². The number of rotatable bonds is 4. The second-order valence-corrected chi connectivity index (χ2v) is 5.68. The van der Waals surface area contributed by atoms with Gasteiger partial charge in [0.15, 0.2) is 0 Å². The highest BCUT2D eigenvalue weighted by molar-refractivity contribution is 7.09. The van der Waals surface area contributed by atoms with Crippen LogP contribution in [-0.4, -0.2) is 17.4 Å². The highest BCUT2D eigenvalue weighted by Gasteiger charge is 2.26. The molecule has 0 radical (unpaired) electrons. The second-order valence-electron chi connectivity index (χ2n) is 4.47. The Bertz CT molecular complexity index is 611. The standard InChI is InChI=1S/C14H13ClN2OS/c15-8-11-9-19-13(16-11)5-6-17-12-4-2-1-3-10(12)7-14(17)18/h1-4,9H,5-8H2. The van der Waals surface area contributed by atoms with Gasteiger partial charge < -0.3 is 4.90 Å². The molecule has 0 saturated heterocycles. The van der Waals surface area contributed by atoms with Crippen molar-refractivity contribution in [3.8, 4) is 0 Å². The van der Waals surface area contributed by atoms with Crippen LogP contribution in [0.15, 0.2) is 29.6 Å². The van der Waals surface area contributed by atoms with Crippen molar-refractivity contribution in [3.05, 3.63) is 45.9 Å². The van der Waals surface area contributed by atoms with Crippen LogP contribution in [0.5, 0.6) is 0 Å². The molecule has 3 rings (SSSR count). The maximum atomic E-state index is 12.0. The van der Waals surface area contributed by atoms with Crippen LogP contribution in [0.2, 0.25) is 0 Å². The van der Waals surface area contributed by atoms with E-state index in [1.54, 1.807) is 11.3 Å². The van der Waals surface area contributed by atoms with Crippen LogP contribution in [0.25, 0.3) is 0 Å². The zero-order chi connectivity index (χ0) is 13.2. The summed E-state index contributed by atoms with van der Waals surface area (Å²) in [5, 5.41) is 3.01. The van der Waals surface area contributed by atoms with Crippen LogP contribution in [0.4, 0.5) is 5.69 Å². The van der Waals surface area contributed by atoms with Gasteiger partial charge in [0, 0.05) is 24.0 Å². The number of carbonyl (C=O) groups is 1. The predicted molar refractivity (Wildman–Crippen MR) is 77.9 cm³/mol. The van der Waals surface area contributed by atoms with Crippen molar-refractivity contribution in [1.29, 1.82) is 0 Å². The number of hydrogen-bond donors (Lipinski definition) is 0. The Hall–Kier alpha value is -1.39. The highest BCUT2D eigenvalue weighted by atomic mass is 35.5. The van der Waals surface area contributed by atoms with Gasteiger partial charge in [0.1, 0.15) is 0 Å². The molecule has 2 heterocycles. The summed E-state index contributed by atoms with van der Waals surface area (Å²) in [6.07, 6.45) is 1.29. The average molecular weight is 293 g/mol. The zero-order valence-electron chi connectivity index (χ0n) is 10.3. The zero-order valence-corrected chi connectivity index (χ0v) is 11.9. The lowest BCUT2D eigenvalue weighted by atomic mass is 10.2. The molecule has 0 unspecified atom stereocenters. The van der Waals surface area contributed by atoms with Crippen LogP contribution in [0, 0.1) is 0 Å². The molecular formula is C14H13ClN2OS. The third-order valence-electron chi connectivity index (χ3n) is 3.21. The van der Waals surface area contributed by atoms with E-state index in [-0.39, 0.29) is 5.91 Å². The Kier molecular flexibility index (Phi) is 3.53. The van der Waals surface area contributed by atoms with Gasteiger partial charge in [-0.05, 0) is 11.6 Å².